The van der Waals surface area contributed by atoms with Crippen LogP contribution in [0.5, 0.6) is 0 Å². The van der Waals surface area contributed by atoms with E-state index in [2.05, 4.69) is 6.92 Å². The molecule has 5 nitrogen and oxygen atoms in total. The Morgan fingerprint density at radius 1 is 0.944 bits per heavy atom. The number of carbonyl (C=O) groups is 2. The first-order chi connectivity index (χ1) is 8.61. The van der Waals surface area contributed by atoms with E-state index in [4.69, 9.17) is 14.2 Å². The Morgan fingerprint density at radius 3 is 2.17 bits per heavy atom. The molecule has 1 atom stereocenters. The minimum absolute atomic E-state index is 0.324. The molecule has 0 saturated heterocycles. The van der Waals surface area contributed by atoms with Crippen LogP contribution in [0, 0.1) is 0 Å². The van der Waals surface area contributed by atoms with Gasteiger partial charge in [-0.25, -0.2) is 9.59 Å². The van der Waals surface area contributed by atoms with Crippen molar-refractivity contribution in [1.82, 2.24) is 0 Å². The second-order valence-electron chi connectivity index (χ2n) is 4.09. The molecule has 18 heavy (non-hydrogen) atoms. The fourth-order valence-corrected chi connectivity index (χ4v) is 1.17. The molecule has 0 aliphatic rings. The fraction of sp³-hybridized carbons (Fsp3) is 0.846. The van der Waals surface area contributed by atoms with Gasteiger partial charge in [0.1, 0.15) is 0 Å². The van der Waals surface area contributed by atoms with Crippen molar-refractivity contribution in [1.29, 1.82) is 0 Å². The summed E-state index contributed by atoms with van der Waals surface area (Å²) in [6.45, 7) is 6.22. The summed E-state index contributed by atoms with van der Waals surface area (Å²) >= 11 is 0. The third-order valence-electron chi connectivity index (χ3n) is 2.31. The first-order valence-corrected chi connectivity index (χ1v) is 6.61. The maximum atomic E-state index is 11.4. The highest BCUT2D eigenvalue weighted by molar-refractivity contribution is 5.76. The number of hydrogen-bond acceptors (Lipinski definition) is 5. The molecule has 0 spiro atoms. The lowest BCUT2D eigenvalue weighted by atomic mass is 10.3. The molecule has 0 unspecified atom stereocenters. The Hall–Kier alpha value is -1.26. The molecule has 0 saturated carbocycles. The molecular formula is C13H24O5. The van der Waals surface area contributed by atoms with Crippen LogP contribution in [0.3, 0.4) is 0 Å². The molecule has 0 aliphatic carbocycles. The first-order valence-electron chi connectivity index (χ1n) is 6.61. The Bertz CT molecular complexity index is 240. The fourth-order valence-electron chi connectivity index (χ4n) is 1.17. The van der Waals surface area contributed by atoms with Gasteiger partial charge in [-0.2, -0.15) is 0 Å². The molecule has 5 heteroatoms. The first kappa shape index (κ1) is 16.7. The quantitative estimate of drug-likeness (QED) is 0.471. The molecule has 0 aliphatic heterocycles. The van der Waals surface area contributed by atoms with Gasteiger partial charge in [-0.1, -0.05) is 33.1 Å². The van der Waals surface area contributed by atoms with Crippen molar-refractivity contribution in [3.05, 3.63) is 0 Å². The average molecular weight is 260 g/mol. The summed E-state index contributed by atoms with van der Waals surface area (Å²) in [4.78, 5) is 22.6. The lowest BCUT2D eigenvalue weighted by Crippen LogP contribution is -2.27. The van der Waals surface area contributed by atoms with Gasteiger partial charge in [-0.15, -0.1) is 0 Å². The SMILES string of the molecule is CCCCCOC(=O)O[C@H](C)C(=O)OCCCC. The zero-order valence-electron chi connectivity index (χ0n) is 11.6. The van der Waals surface area contributed by atoms with Crippen LogP contribution >= 0.6 is 0 Å². The average Bonchev–Trinajstić information content (AvgIpc) is 2.34. The van der Waals surface area contributed by atoms with Gasteiger partial charge < -0.3 is 14.2 Å². The summed E-state index contributed by atoms with van der Waals surface area (Å²) in [6, 6.07) is 0. The van der Waals surface area contributed by atoms with Crippen LogP contribution in [0.2, 0.25) is 0 Å². The van der Waals surface area contributed by atoms with E-state index < -0.39 is 18.2 Å². The van der Waals surface area contributed by atoms with E-state index in [1.807, 2.05) is 6.92 Å². The maximum Gasteiger partial charge on any atom is 0.509 e. The molecule has 106 valence electrons. The molecule has 0 N–H and O–H groups in total. The van der Waals surface area contributed by atoms with Crippen molar-refractivity contribution < 1.29 is 23.8 Å². The standard InChI is InChI=1S/C13H24O5/c1-4-6-8-10-17-13(15)18-11(3)12(14)16-9-7-5-2/h11H,4-10H2,1-3H3/t11-/m1/s1. The molecule has 0 aromatic carbocycles. The lowest BCUT2D eigenvalue weighted by Gasteiger charge is -2.12. The van der Waals surface area contributed by atoms with Gasteiger partial charge in [0, 0.05) is 0 Å². The second kappa shape index (κ2) is 10.9. The smallest absolute Gasteiger partial charge is 0.463 e. The van der Waals surface area contributed by atoms with Crippen molar-refractivity contribution in [2.75, 3.05) is 13.2 Å². The van der Waals surface area contributed by atoms with Gasteiger partial charge in [0.2, 0.25) is 0 Å². The second-order valence-corrected chi connectivity index (χ2v) is 4.09. The molecule has 0 aromatic heterocycles. The number of esters is 1. The zero-order valence-corrected chi connectivity index (χ0v) is 11.6. The predicted molar refractivity (Wildman–Crippen MR) is 67.3 cm³/mol. The van der Waals surface area contributed by atoms with Gasteiger partial charge >= 0.3 is 12.1 Å². The number of ether oxygens (including phenoxy) is 3. The minimum atomic E-state index is -0.916. The van der Waals surface area contributed by atoms with Gasteiger partial charge in [-0.3, -0.25) is 0 Å². The van der Waals surface area contributed by atoms with E-state index in [0.29, 0.717) is 13.2 Å². The molecule has 0 bridgehead atoms. The maximum absolute atomic E-state index is 11.4. The zero-order chi connectivity index (χ0) is 13.8. The van der Waals surface area contributed by atoms with E-state index >= 15 is 0 Å². The summed E-state index contributed by atoms with van der Waals surface area (Å²) in [7, 11) is 0. The van der Waals surface area contributed by atoms with Gasteiger partial charge in [0.05, 0.1) is 13.2 Å². The summed E-state index contributed by atoms with van der Waals surface area (Å²) in [6.07, 6.45) is 2.88. The van der Waals surface area contributed by atoms with Crippen LogP contribution in [-0.4, -0.2) is 31.4 Å². The molecule has 0 heterocycles. The van der Waals surface area contributed by atoms with Crippen molar-refractivity contribution >= 4 is 12.1 Å². The normalized spacial score (nSPS) is 11.7. The Balaban J connectivity index is 3.68. The largest absolute Gasteiger partial charge is 0.509 e. The van der Waals surface area contributed by atoms with E-state index in [9.17, 15) is 9.59 Å². The van der Waals surface area contributed by atoms with Crippen LogP contribution in [0.25, 0.3) is 0 Å². The summed E-state index contributed by atoms with van der Waals surface area (Å²) in [5.41, 5.74) is 0. The lowest BCUT2D eigenvalue weighted by molar-refractivity contribution is -0.154. The van der Waals surface area contributed by atoms with Crippen molar-refractivity contribution in [2.45, 2.75) is 59.0 Å². The topological polar surface area (TPSA) is 61.8 Å². The molecular weight excluding hydrogens is 236 g/mol. The number of unbranched alkanes of at least 4 members (excludes halogenated alkanes) is 3. The van der Waals surface area contributed by atoms with Crippen LogP contribution in [-0.2, 0) is 19.0 Å². The van der Waals surface area contributed by atoms with Crippen LogP contribution in [0.4, 0.5) is 4.79 Å². The van der Waals surface area contributed by atoms with Gasteiger partial charge in [-0.05, 0) is 19.8 Å². The van der Waals surface area contributed by atoms with E-state index in [1.165, 1.54) is 6.92 Å². The molecule has 0 amide bonds. The third-order valence-corrected chi connectivity index (χ3v) is 2.31. The Morgan fingerprint density at radius 2 is 1.56 bits per heavy atom. The van der Waals surface area contributed by atoms with Crippen molar-refractivity contribution in [3.63, 3.8) is 0 Å². The van der Waals surface area contributed by atoms with E-state index in [0.717, 1.165) is 32.1 Å². The third kappa shape index (κ3) is 8.84. The number of carbonyl (C=O) groups excluding carboxylic acids is 2. The minimum Gasteiger partial charge on any atom is -0.463 e. The Labute approximate surface area is 109 Å². The summed E-state index contributed by atoms with van der Waals surface area (Å²) < 4.78 is 14.5. The molecule has 0 radical (unpaired) electrons. The van der Waals surface area contributed by atoms with Crippen LogP contribution in [0.1, 0.15) is 52.9 Å². The van der Waals surface area contributed by atoms with Crippen LogP contribution < -0.4 is 0 Å². The Kier molecular flexibility index (Phi) is 10.1. The van der Waals surface area contributed by atoms with E-state index in [1.54, 1.807) is 0 Å². The molecule has 0 rings (SSSR count). The van der Waals surface area contributed by atoms with Crippen molar-refractivity contribution in [2.24, 2.45) is 0 Å². The van der Waals surface area contributed by atoms with E-state index in [-0.39, 0.29) is 0 Å². The van der Waals surface area contributed by atoms with Gasteiger partial charge in [0.15, 0.2) is 6.10 Å². The van der Waals surface area contributed by atoms with Crippen molar-refractivity contribution in [3.8, 4) is 0 Å². The van der Waals surface area contributed by atoms with Crippen LogP contribution in [0.15, 0.2) is 0 Å². The molecule has 0 fully saturated rings. The highest BCUT2D eigenvalue weighted by Gasteiger charge is 2.19. The highest BCUT2D eigenvalue weighted by atomic mass is 16.7. The highest BCUT2D eigenvalue weighted by Crippen LogP contribution is 2.01. The predicted octanol–water partition coefficient (Wildman–Crippen LogP) is 3.06. The molecule has 0 aromatic rings. The van der Waals surface area contributed by atoms with Gasteiger partial charge in [0.25, 0.3) is 0 Å². The number of rotatable bonds is 9. The summed E-state index contributed by atoms with van der Waals surface area (Å²) in [5.74, 6) is -0.533. The number of hydrogen-bond donors (Lipinski definition) is 0. The summed E-state index contributed by atoms with van der Waals surface area (Å²) in [5, 5.41) is 0. The monoisotopic (exact) mass is 260 g/mol.